The number of carbonyl (C=O) groups excluding carboxylic acids is 1. The van der Waals surface area contributed by atoms with Crippen LogP contribution < -0.4 is 16.4 Å². The van der Waals surface area contributed by atoms with Gasteiger partial charge >= 0.3 is 0 Å². The van der Waals surface area contributed by atoms with Crippen molar-refractivity contribution in [2.24, 2.45) is 5.92 Å². The standard InChI is InChI=1S/C12H20N4O/c1-8(2)7-15-12(17)9(3)16-10-4-5-14-11(13)6-10/h4-6,8-9H,7H2,1-3H3,(H,15,17)(H3,13,14,16). The number of aromatic nitrogens is 1. The van der Waals surface area contributed by atoms with Crippen molar-refractivity contribution in [3.8, 4) is 0 Å². The van der Waals surface area contributed by atoms with Crippen LogP contribution in [0.1, 0.15) is 20.8 Å². The summed E-state index contributed by atoms with van der Waals surface area (Å²) in [7, 11) is 0. The molecule has 0 radical (unpaired) electrons. The van der Waals surface area contributed by atoms with Gasteiger partial charge in [-0.2, -0.15) is 0 Å². The Morgan fingerprint density at radius 2 is 2.18 bits per heavy atom. The molecule has 94 valence electrons. The van der Waals surface area contributed by atoms with Crippen LogP contribution in [-0.2, 0) is 4.79 Å². The lowest BCUT2D eigenvalue weighted by Crippen LogP contribution is -2.39. The fourth-order valence-corrected chi connectivity index (χ4v) is 1.31. The summed E-state index contributed by atoms with van der Waals surface area (Å²) in [6, 6.07) is 3.19. The Bertz CT molecular complexity index is 379. The van der Waals surface area contributed by atoms with E-state index in [0.717, 1.165) is 5.69 Å². The lowest BCUT2D eigenvalue weighted by atomic mass is 10.2. The van der Waals surface area contributed by atoms with E-state index in [1.807, 2.05) is 6.92 Å². The van der Waals surface area contributed by atoms with Gasteiger partial charge in [0.15, 0.2) is 0 Å². The van der Waals surface area contributed by atoms with Gasteiger partial charge in [-0.05, 0) is 18.9 Å². The molecule has 5 heteroatoms. The minimum Gasteiger partial charge on any atom is -0.384 e. The van der Waals surface area contributed by atoms with Crippen molar-refractivity contribution in [2.45, 2.75) is 26.8 Å². The first-order valence-corrected chi connectivity index (χ1v) is 5.75. The Hall–Kier alpha value is -1.78. The highest BCUT2D eigenvalue weighted by molar-refractivity contribution is 5.84. The molecule has 1 aromatic heterocycles. The number of rotatable bonds is 5. The minimum atomic E-state index is -0.296. The van der Waals surface area contributed by atoms with Crippen LogP contribution in [0.4, 0.5) is 11.5 Å². The van der Waals surface area contributed by atoms with Gasteiger partial charge in [0.05, 0.1) is 0 Å². The highest BCUT2D eigenvalue weighted by Gasteiger charge is 2.12. The van der Waals surface area contributed by atoms with E-state index in [4.69, 9.17) is 5.73 Å². The molecule has 1 atom stereocenters. The van der Waals surface area contributed by atoms with Gasteiger partial charge in [-0.1, -0.05) is 13.8 Å². The molecule has 17 heavy (non-hydrogen) atoms. The molecule has 4 N–H and O–H groups in total. The van der Waals surface area contributed by atoms with Crippen molar-refractivity contribution in [1.82, 2.24) is 10.3 Å². The Morgan fingerprint density at radius 3 is 2.76 bits per heavy atom. The third kappa shape index (κ3) is 4.72. The molecule has 1 aromatic rings. The van der Waals surface area contributed by atoms with Crippen LogP contribution in [-0.4, -0.2) is 23.5 Å². The van der Waals surface area contributed by atoms with Crippen LogP contribution in [0.25, 0.3) is 0 Å². The third-order valence-corrected chi connectivity index (χ3v) is 2.24. The van der Waals surface area contributed by atoms with Gasteiger partial charge < -0.3 is 16.4 Å². The third-order valence-electron chi connectivity index (χ3n) is 2.24. The van der Waals surface area contributed by atoms with Crippen LogP contribution in [0.2, 0.25) is 0 Å². The first-order valence-electron chi connectivity index (χ1n) is 5.75. The molecule has 1 rings (SSSR count). The SMILES string of the molecule is CC(C)CNC(=O)C(C)Nc1ccnc(N)c1. The van der Waals surface area contributed by atoms with Crippen molar-refractivity contribution in [2.75, 3.05) is 17.6 Å². The summed E-state index contributed by atoms with van der Waals surface area (Å²) in [4.78, 5) is 15.6. The monoisotopic (exact) mass is 236 g/mol. The number of nitrogens with one attached hydrogen (secondary N) is 2. The van der Waals surface area contributed by atoms with Gasteiger partial charge in [-0.3, -0.25) is 4.79 Å². The van der Waals surface area contributed by atoms with Gasteiger partial charge in [-0.15, -0.1) is 0 Å². The predicted octanol–water partition coefficient (Wildman–Crippen LogP) is 1.24. The van der Waals surface area contributed by atoms with E-state index in [2.05, 4.69) is 29.5 Å². The average Bonchev–Trinajstić information content (AvgIpc) is 2.25. The van der Waals surface area contributed by atoms with Crippen molar-refractivity contribution >= 4 is 17.4 Å². The Kier molecular flexibility index (Phi) is 4.75. The largest absolute Gasteiger partial charge is 0.384 e. The lowest BCUT2D eigenvalue weighted by Gasteiger charge is -2.16. The minimum absolute atomic E-state index is 0.0194. The molecular weight excluding hydrogens is 216 g/mol. The zero-order valence-electron chi connectivity index (χ0n) is 10.5. The normalized spacial score (nSPS) is 12.2. The molecule has 0 aliphatic carbocycles. The van der Waals surface area contributed by atoms with Crippen LogP contribution in [0.5, 0.6) is 0 Å². The van der Waals surface area contributed by atoms with Gasteiger partial charge in [0.2, 0.25) is 5.91 Å². The van der Waals surface area contributed by atoms with E-state index >= 15 is 0 Å². The van der Waals surface area contributed by atoms with E-state index in [-0.39, 0.29) is 11.9 Å². The number of anilines is 2. The van der Waals surface area contributed by atoms with Crippen LogP contribution in [0, 0.1) is 5.92 Å². The summed E-state index contributed by atoms with van der Waals surface area (Å²) in [6.07, 6.45) is 1.61. The van der Waals surface area contributed by atoms with E-state index in [1.54, 1.807) is 18.3 Å². The summed E-state index contributed by atoms with van der Waals surface area (Å²) in [5.41, 5.74) is 6.35. The van der Waals surface area contributed by atoms with Gasteiger partial charge in [0.25, 0.3) is 0 Å². The molecule has 0 fully saturated rings. The molecule has 1 heterocycles. The molecule has 0 saturated carbocycles. The number of hydrogen-bond donors (Lipinski definition) is 3. The summed E-state index contributed by atoms with van der Waals surface area (Å²) in [6.45, 7) is 6.61. The summed E-state index contributed by atoms with van der Waals surface area (Å²) < 4.78 is 0. The predicted molar refractivity (Wildman–Crippen MR) is 69.6 cm³/mol. The van der Waals surface area contributed by atoms with Crippen LogP contribution >= 0.6 is 0 Å². The topological polar surface area (TPSA) is 80.0 Å². The van der Waals surface area contributed by atoms with Crippen molar-refractivity contribution in [3.63, 3.8) is 0 Å². The Morgan fingerprint density at radius 1 is 1.47 bits per heavy atom. The number of carbonyl (C=O) groups is 1. The second kappa shape index (κ2) is 6.08. The highest BCUT2D eigenvalue weighted by Crippen LogP contribution is 2.10. The van der Waals surface area contributed by atoms with Crippen molar-refractivity contribution < 1.29 is 4.79 Å². The maximum absolute atomic E-state index is 11.7. The lowest BCUT2D eigenvalue weighted by molar-refractivity contribution is -0.121. The molecule has 5 nitrogen and oxygen atoms in total. The van der Waals surface area contributed by atoms with Gasteiger partial charge in [0.1, 0.15) is 11.9 Å². The number of nitrogens with zero attached hydrogens (tertiary/aromatic N) is 1. The highest BCUT2D eigenvalue weighted by atomic mass is 16.2. The van der Waals surface area contributed by atoms with Crippen LogP contribution in [0.15, 0.2) is 18.3 Å². The number of amides is 1. The Labute approximate surface area is 102 Å². The van der Waals surface area contributed by atoms with E-state index < -0.39 is 0 Å². The van der Waals surface area contributed by atoms with Crippen LogP contribution in [0.3, 0.4) is 0 Å². The molecule has 0 aromatic carbocycles. The van der Waals surface area contributed by atoms with Gasteiger partial charge in [0, 0.05) is 24.5 Å². The number of hydrogen-bond acceptors (Lipinski definition) is 4. The molecule has 0 bridgehead atoms. The van der Waals surface area contributed by atoms with Crippen molar-refractivity contribution in [3.05, 3.63) is 18.3 Å². The smallest absolute Gasteiger partial charge is 0.242 e. The molecule has 1 unspecified atom stereocenters. The first-order chi connectivity index (χ1) is 7.99. The Balaban J connectivity index is 2.48. The molecular formula is C12H20N4O. The summed E-state index contributed by atoms with van der Waals surface area (Å²) in [5, 5.41) is 5.94. The fourth-order valence-electron chi connectivity index (χ4n) is 1.31. The number of nitrogen functional groups attached to an aromatic ring is 1. The molecule has 0 saturated heterocycles. The van der Waals surface area contributed by atoms with E-state index in [0.29, 0.717) is 18.3 Å². The zero-order valence-corrected chi connectivity index (χ0v) is 10.5. The second-order valence-electron chi connectivity index (χ2n) is 4.47. The zero-order chi connectivity index (χ0) is 12.8. The first kappa shape index (κ1) is 13.3. The second-order valence-corrected chi connectivity index (χ2v) is 4.47. The maximum Gasteiger partial charge on any atom is 0.242 e. The van der Waals surface area contributed by atoms with E-state index in [1.165, 1.54) is 0 Å². The molecule has 0 aliphatic rings. The van der Waals surface area contributed by atoms with Crippen molar-refractivity contribution in [1.29, 1.82) is 0 Å². The average molecular weight is 236 g/mol. The molecule has 0 aliphatic heterocycles. The van der Waals surface area contributed by atoms with Gasteiger partial charge in [-0.25, -0.2) is 4.98 Å². The number of nitrogens with two attached hydrogens (primary N) is 1. The quantitative estimate of drug-likeness (QED) is 0.718. The van der Waals surface area contributed by atoms with E-state index in [9.17, 15) is 4.79 Å². The fraction of sp³-hybridized carbons (Fsp3) is 0.500. The maximum atomic E-state index is 11.7. The molecule has 0 spiro atoms. The summed E-state index contributed by atoms with van der Waals surface area (Å²) >= 11 is 0. The molecule has 1 amide bonds. The summed E-state index contributed by atoms with van der Waals surface area (Å²) in [5.74, 6) is 0.863. The number of pyridine rings is 1.